The van der Waals surface area contributed by atoms with Gasteiger partial charge in [-0.1, -0.05) is 16.8 Å². The van der Waals surface area contributed by atoms with Crippen molar-refractivity contribution in [3.63, 3.8) is 0 Å². The van der Waals surface area contributed by atoms with E-state index < -0.39 is 20.6 Å². The van der Waals surface area contributed by atoms with E-state index in [0.29, 0.717) is 0 Å². The van der Waals surface area contributed by atoms with E-state index in [1.54, 1.807) is 6.92 Å². The van der Waals surface area contributed by atoms with Crippen molar-refractivity contribution in [3.05, 3.63) is 0 Å². The Morgan fingerprint density at radius 2 is 2.06 bits per heavy atom. The molecule has 0 radical (unpaired) electrons. The molecule has 0 aromatic carbocycles. The number of carbonyl (C=O) groups excluding carboxylic acids is 1. The molecule has 1 N–H and O–H groups in total. The van der Waals surface area contributed by atoms with Gasteiger partial charge in [-0.2, -0.15) is 0 Å². The number of hydrogen-bond acceptors (Lipinski definition) is 6. The lowest BCUT2D eigenvalue weighted by molar-refractivity contribution is -0.145. The van der Waals surface area contributed by atoms with E-state index in [4.69, 9.17) is 21.5 Å². The Morgan fingerprint density at radius 3 is 2.41 bits per heavy atom. The van der Waals surface area contributed by atoms with Crippen LogP contribution in [0.2, 0.25) is 0 Å². The minimum absolute atomic E-state index is 0.0273. The van der Waals surface area contributed by atoms with Crippen molar-refractivity contribution in [3.8, 4) is 0 Å². The fourth-order valence-corrected chi connectivity index (χ4v) is 2.04. The molecule has 0 aliphatic heterocycles. The van der Waals surface area contributed by atoms with E-state index in [9.17, 15) is 13.2 Å². The number of hydrogen-bond donors (Lipinski definition) is 1. The summed E-state index contributed by atoms with van der Waals surface area (Å²) in [6, 6.07) is 0. The molecule has 1 unspecified atom stereocenters. The monoisotopic (exact) mass is 285 g/mol. The number of carbonyl (C=O) groups is 1. The van der Waals surface area contributed by atoms with Crippen LogP contribution in [0, 0.1) is 0 Å². The molecule has 8 heteroatoms. The van der Waals surface area contributed by atoms with Gasteiger partial charge in [-0.3, -0.25) is 4.79 Å². The molecule has 1 atom stereocenters. The lowest BCUT2D eigenvalue weighted by atomic mass is 10.1. The van der Waals surface area contributed by atoms with E-state index in [1.165, 1.54) is 6.92 Å². The quantitative estimate of drug-likeness (QED) is 0.342. The van der Waals surface area contributed by atoms with E-state index in [2.05, 4.69) is 5.16 Å². The van der Waals surface area contributed by atoms with Crippen LogP contribution in [0.1, 0.15) is 26.7 Å². The average molecular weight is 286 g/mol. The first-order valence-corrected chi connectivity index (χ1v) is 7.19. The normalized spacial score (nSPS) is 16.4. The van der Waals surface area contributed by atoms with Gasteiger partial charge in [-0.25, -0.2) is 8.42 Å². The molecule has 0 saturated carbocycles. The largest absolute Gasteiger partial charge is 0.465 e. The van der Waals surface area contributed by atoms with Gasteiger partial charge in [-0.05, 0) is 20.3 Å². The molecule has 0 aromatic rings. The van der Waals surface area contributed by atoms with E-state index in [0.717, 1.165) is 6.26 Å². The van der Waals surface area contributed by atoms with Crippen LogP contribution >= 0.6 is 11.6 Å². The van der Waals surface area contributed by atoms with Crippen LogP contribution in [0.25, 0.3) is 0 Å². The zero-order valence-corrected chi connectivity index (χ0v) is 11.5. The van der Waals surface area contributed by atoms with Gasteiger partial charge < -0.3 is 9.94 Å². The highest BCUT2D eigenvalue weighted by Gasteiger charge is 2.44. The topological polar surface area (TPSA) is 93.0 Å². The maximum absolute atomic E-state index is 11.7. The van der Waals surface area contributed by atoms with Gasteiger partial charge >= 0.3 is 5.97 Å². The highest BCUT2D eigenvalue weighted by Crippen LogP contribution is 2.25. The van der Waals surface area contributed by atoms with Crippen molar-refractivity contribution in [1.82, 2.24) is 0 Å². The predicted octanol–water partition coefficient (Wildman–Crippen LogP) is 1.16. The molecular weight excluding hydrogens is 270 g/mol. The van der Waals surface area contributed by atoms with Crippen LogP contribution in [0.3, 0.4) is 0 Å². The lowest BCUT2D eigenvalue weighted by Gasteiger charge is -2.24. The summed E-state index contributed by atoms with van der Waals surface area (Å²) in [7, 11) is -3.66. The standard InChI is InChI=1S/C9H16ClNO5S/c1-4-16-8(12)9(2,17(3,14)15)6-5-7(10)11-13/h13H,4-6H2,1-3H3. The number of halogens is 1. The summed E-state index contributed by atoms with van der Waals surface area (Å²) in [6.07, 6.45) is 0.821. The second kappa shape index (κ2) is 6.20. The maximum Gasteiger partial charge on any atom is 0.327 e. The highest BCUT2D eigenvalue weighted by atomic mass is 35.5. The molecule has 0 spiro atoms. The fraction of sp³-hybridized carbons (Fsp3) is 0.778. The molecule has 0 fully saturated rings. The minimum Gasteiger partial charge on any atom is -0.465 e. The lowest BCUT2D eigenvalue weighted by Crippen LogP contribution is -2.44. The summed E-state index contributed by atoms with van der Waals surface area (Å²) >= 11 is 5.46. The molecule has 0 heterocycles. The number of sulfone groups is 1. The Morgan fingerprint density at radius 1 is 1.53 bits per heavy atom. The summed E-state index contributed by atoms with van der Waals surface area (Å²) in [4.78, 5) is 11.7. The van der Waals surface area contributed by atoms with Crippen LogP contribution in [0.4, 0.5) is 0 Å². The van der Waals surface area contributed by atoms with Crippen LogP contribution in [-0.2, 0) is 19.4 Å². The molecule has 17 heavy (non-hydrogen) atoms. The first-order chi connectivity index (χ1) is 7.69. The zero-order valence-electron chi connectivity index (χ0n) is 9.93. The third-order valence-corrected chi connectivity index (χ3v) is 4.71. The number of rotatable bonds is 6. The molecule has 0 rings (SSSR count). The van der Waals surface area contributed by atoms with Gasteiger partial charge in [0.2, 0.25) is 0 Å². The van der Waals surface area contributed by atoms with Gasteiger partial charge in [0.1, 0.15) is 5.17 Å². The molecule has 6 nitrogen and oxygen atoms in total. The summed E-state index contributed by atoms with van der Waals surface area (Å²) in [5.41, 5.74) is 0. The van der Waals surface area contributed by atoms with Crippen molar-refractivity contribution in [2.24, 2.45) is 5.16 Å². The van der Waals surface area contributed by atoms with Crippen LogP contribution < -0.4 is 0 Å². The van der Waals surface area contributed by atoms with Gasteiger partial charge in [-0.15, -0.1) is 0 Å². The number of ether oxygens (including phenoxy) is 1. The number of oxime groups is 1. The van der Waals surface area contributed by atoms with Crippen molar-refractivity contribution < 1.29 is 23.2 Å². The first-order valence-electron chi connectivity index (χ1n) is 4.92. The Bertz CT molecular complexity index is 406. The summed E-state index contributed by atoms with van der Waals surface area (Å²) < 4.78 is 26.3. The van der Waals surface area contributed by atoms with Gasteiger partial charge in [0.15, 0.2) is 14.6 Å². The fourth-order valence-electron chi connectivity index (χ4n) is 1.11. The smallest absolute Gasteiger partial charge is 0.327 e. The Balaban J connectivity index is 5.07. The highest BCUT2D eigenvalue weighted by molar-refractivity contribution is 7.92. The zero-order chi connectivity index (χ0) is 13.7. The SMILES string of the molecule is CCOC(=O)C(C)(CCC(Cl)=NO)S(C)(=O)=O. The number of nitrogens with zero attached hydrogens (tertiary/aromatic N) is 1. The first kappa shape index (κ1) is 16.2. The molecule has 0 aromatic heterocycles. The van der Waals surface area contributed by atoms with E-state index in [-0.39, 0.29) is 24.6 Å². The summed E-state index contributed by atoms with van der Waals surface area (Å²) in [6.45, 7) is 2.94. The van der Waals surface area contributed by atoms with Gasteiger partial charge in [0.25, 0.3) is 0 Å². The summed E-state index contributed by atoms with van der Waals surface area (Å²) in [5, 5.41) is 10.9. The molecule has 0 bridgehead atoms. The molecule has 0 saturated heterocycles. The van der Waals surface area contributed by atoms with Crippen LogP contribution in [-0.4, -0.2) is 42.4 Å². The van der Waals surface area contributed by atoms with Crippen LogP contribution in [0.5, 0.6) is 0 Å². The predicted molar refractivity (Wildman–Crippen MR) is 64.2 cm³/mol. The molecular formula is C9H16ClNO5S. The van der Waals surface area contributed by atoms with E-state index >= 15 is 0 Å². The molecule has 0 amide bonds. The second-order valence-corrected chi connectivity index (χ2v) is 6.58. The maximum atomic E-state index is 11.7. The van der Waals surface area contributed by atoms with Gasteiger partial charge in [0, 0.05) is 12.7 Å². The third-order valence-electron chi connectivity index (χ3n) is 2.44. The Labute approximate surface area is 106 Å². The van der Waals surface area contributed by atoms with Crippen molar-refractivity contribution in [2.45, 2.75) is 31.4 Å². The average Bonchev–Trinajstić information content (AvgIpc) is 2.23. The second-order valence-electron chi connectivity index (χ2n) is 3.70. The Kier molecular flexibility index (Phi) is 5.91. The molecule has 0 aliphatic rings. The van der Waals surface area contributed by atoms with Crippen molar-refractivity contribution >= 4 is 32.6 Å². The van der Waals surface area contributed by atoms with Crippen molar-refractivity contribution in [2.75, 3.05) is 12.9 Å². The third kappa shape index (κ3) is 4.16. The molecule has 100 valence electrons. The van der Waals surface area contributed by atoms with Gasteiger partial charge in [0.05, 0.1) is 6.61 Å². The molecule has 0 aliphatic carbocycles. The minimum atomic E-state index is -3.66. The van der Waals surface area contributed by atoms with Crippen molar-refractivity contribution in [1.29, 1.82) is 0 Å². The van der Waals surface area contributed by atoms with Crippen LogP contribution in [0.15, 0.2) is 5.16 Å². The van der Waals surface area contributed by atoms with E-state index in [1.807, 2.05) is 0 Å². The number of esters is 1. The Hall–Kier alpha value is -0.820. The summed E-state index contributed by atoms with van der Waals surface area (Å²) in [5.74, 6) is -0.829.